The molecule has 8 unspecified atom stereocenters. The lowest BCUT2D eigenvalue weighted by Crippen LogP contribution is -2.38. The molecule has 4 bridgehead atoms. The summed E-state index contributed by atoms with van der Waals surface area (Å²) in [6.45, 7) is 0. The van der Waals surface area contributed by atoms with Crippen LogP contribution in [0.1, 0.15) is 30.0 Å². The van der Waals surface area contributed by atoms with E-state index in [1.165, 1.54) is 6.42 Å². The number of hydrogen-bond donors (Lipinski definition) is 0. The summed E-state index contributed by atoms with van der Waals surface area (Å²) in [5.41, 5.74) is 4.54. The zero-order chi connectivity index (χ0) is 19.7. The summed E-state index contributed by atoms with van der Waals surface area (Å²) in [6.07, 6.45) is 7.17. The molecule has 8 rings (SSSR count). The minimum absolute atomic E-state index is 0.0728. The standard InChI is InChI=1S/C27H23NO2/c29-26-23-19-12-20(22-14-10-9-13(11-14)21(19)22)24(23)27(30)28(26)25-17-7-3-1-5-15(17)16-6-2-4-8-18(16)25/h1-10,13-14,19-25H,11-12H2. The molecule has 3 heteroatoms. The summed E-state index contributed by atoms with van der Waals surface area (Å²) in [5, 5.41) is 0. The fourth-order valence-electron chi connectivity index (χ4n) is 8.80. The molecule has 0 aromatic heterocycles. The van der Waals surface area contributed by atoms with Crippen molar-refractivity contribution < 1.29 is 9.59 Å². The van der Waals surface area contributed by atoms with Gasteiger partial charge in [0.2, 0.25) is 11.8 Å². The van der Waals surface area contributed by atoms with Crippen LogP contribution in [0.25, 0.3) is 11.1 Å². The normalized spacial score (nSPS) is 41.5. The van der Waals surface area contributed by atoms with Crippen LogP contribution in [-0.2, 0) is 9.59 Å². The number of nitrogens with zero attached hydrogens (tertiary/aromatic N) is 1. The number of likely N-dealkylation sites (tertiary alicyclic amines) is 1. The Kier molecular flexibility index (Phi) is 2.75. The monoisotopic (exact) mass is 393 g/mol. The van der Waals surface area contributed by atoms with Crippen LogP contribution in [-0.4, -0.2) is 16.7 Å². The van der Waals surface area contributed by atoms with Crippen molar-refractivity contribution >= 4 is 11.8 Å². The first kappa shape index (κ1) is 16.1. The highest BCUT2D eigenvalue weighted by Crippen LogP contribution is 2.70. The van der Waals surface area contributed by atoms with E-state index >= 15 is 0 Å². The summed E-state index contributed by atoms with van der Waals surface area (Å²) in [7, 11) is 0. The Bertz CT molecular complexity index is 1090. The number of rotatable bonds is 1. The van der Waals surface area contributed by atoms with Crippen LogP contribution in [0.5, 0.6) is 0 Å². The van der Waals surface area contributed by atoms with Crippen molar-refractivity contribution in [3.8, 4) is 11.1 Å². The summed E-state index contributed by atoms with van der Waals surface area (Å²) < 4.78 is 0. The van der Waals surface area contributed by atoms with E-state index in [9.17, 15) is 9.59 Å². The van der Waals surface area contributed by atoms with Crippen molar-refractivity contribution in [3.63, 3.8) is 0 Å². The van der Waals surface area contributed by atoms with Crippen molar-refractivity contribution in [1.29, 1.82) is 0 Å². The van der Waals surface area contributed by atoms with E-state index in [-0.39, 0.29) is 29.7 Å². The number of imide groups is 1. The Balaban J connectivity index is 1.25. The van der Waals surface area contributed by atoms with E-state index in [0.717, 1.165) is 28.7 Å². The summed E-state index contributed by atoms with van der Waals surface area (Å²) in [4.78, 5) is 29.4. The average Bonchev–Trinajstić information content (AvgIpc) is 3.58. The molecule has 148 valence electrons. The van der Waals surface area contributed by atoms with Crippen molar-refractivity contribution in [3.05, 3.63) is 71.8 Å². The second kappa shape index (κ2) is 5.14. The third-order valence-corrected chi connectivity index (χ3v) is 9.53. The maximum Gasteiger partial charge on any atom is 0.234 e. The predicted molar refractivity (Wildman–Crippen MR) is 112 cm³/mol. The van der Waals surface area contributed by atoms with E-state index in [4.69, 9.17) is 0 Å². The van der Waals surface area contributed by atoms with Gasteiger partial charge in [0.25, 0.3) is 0 Å². The topological polar surface area (TPSA) is 37.4 Å². The van der Waals surface area contributed by atoms with Crippen molar-refractivity contribution in [2.45, 2.75) is 18.9 Å². The number of benzene rings is 2. The molecule has 1 saturated heterocycles. The molecule has 30 heavy (non-hydrogen) atoms. The van der Waals surface area contributed by atoms with Gasteiger partial charge in [0.1, 0.15) is 0 Å². The number of allylic oxidation sites excluding steroid dienone is 2. The van der Waals surface area contributed by atoms with E-state index in [0.29, 0.717) is 35.5 Å². The SMILES string of the molecule is O=C1C2C3CC(C2C(=O)N1C1c2ccccc2-c2ccccc21)C1C2C=CC(C2)C31. The van der Waals surface area contributed by atoms with Crippen LogP contribution < -0.4 is 0 Å². The van der Waals surface area contributed by atoms with Gasteiger partial charge in [-0.25, -0.2) is 0 Å². The lowest BCUT2D eigenvalue weighted by atomic mass is 9.65. The Morgan fingerprint density at radius 1 is 0.667 bits per heavy atom. The minimum atomic E-state index is -0.253. The number of hydrogen-bond acceptors (Lipinski definition) is 2. The summed E-state index contributed by atoms with van der Waals surface area (Å²) in [6, 6.07) is 16.3. The molecule has 3 saturated carbocycles. The van der Waals surface area contributed by atoms with Gasteiger partial charge in [0.15, 0.2) is 0 Å². The molecule has 0 radical (unpaired) electrons. The smallest absolute Gasteiger partial charge is 0.234 e. The van der Waals surface area contributed by atoms with Gasteiger partial charge >= 0.3 is 0 Å². The third kappa shape index (κ3) is 1.61. The lowest BCUT2D eigenvalue weighted by Gasteiger charge is -2.36. The molecule has 8 atom stereocenters. The van der Waals surface area contributed by atoms with E-state index in [1.54, 1.807) is 4.90 Å². The molecule has 2 aromatic carbocycles. The minimum Gasteiger partial charge on any atom is -0.274 e. The van der Waals surface area contributed by atoms with Crippen LogP contribution >= 0.6 is 0 Å². The fourth-order valence-corrected chi connectivity index (χ4v) is 8.80. The maximum atomic E-state index is 13.9. The zero-order valence-corrected chi connectivity index (χ0v) is 16.6. The second-order valence-electron chi connectivity index (χ2n) is 10.3. The summed E-state index contributed by atoms with van der Waals surface area (Å²) >= 11 is 0. The van der Waals surface area contributed by atoms with E-state index in [1.807, 2.05) is 24.3 Å². The van der Waals surface area contributed by atoms with E-state index in [2.05, 4.69) is 36.4 Å². The number of fused-ring (bicyclic) bond motifs is 15. The highest BCUT2D eigenvalue weighted by molar-refractivity contribution is 6.07. The maximum absolute atomic E-state index is 13.9. The van der Waals surface area contributed by atoms with E-state index < -0.39 is 0 Å². The van der Waals surface area contributed by atoms with Crippen LogP contribution in [0.2, 0.25) is 0 Å². The second-order valence-corrected chi connectivity index (χ2v) is 10.3. The van der Waals surface area contributed by atoms with Gasteiger partial charge in [-0.1, -0.05) is 60.7 Å². The van der Waals surface area contributed by atoms with Gasteiger partial charge in [-0.05, 0) is 70.6 Å². The van der Waals surface area contributed by atoms with Gasteiger partial charge in [-0.3, -0.25) is 14.5 Å². The first-order valence-corrected chi connectivity index (χ1v) is 11.5. The van der Waals surface area contributed by atoms with Crippen LogP contribution in [0, 0.1) is 47.3 Å². The Hall–Kier alpha value is -2.68. The first-order chi connectivity index (χ1) is 14.7. The molecule has 3 nitrogen and oxygen atoms in total. The van der Waals surface area contributed by atoms with Crippen LogP contribution in [0.15, 0.2) is 60.7 Å². The molecular weight excluding hydrogens is 370 g/mol. The molecule has 6 aliphatic rings. The Labute approximate surface area is 175 Å². The number of carbonyl (C=O) groups excluding carboxylic acids is 2. The van der Waals surface area contributed by atoms with Crippen molar-refractivity contribution in [1.82, 2.24) is 4.90 Å². The molecule has 4 fully saturated rings. The zero-order valence-electron chi connectivity index (χ0n) is 16.6. The predicted octanol–water partition coefficient (Wildman–Crippen LogP) is 4.45. The quantitative estimate of drug-likeness (QED) is 0.408. The van der Waals surface area contributed by atoms with Gasteiger partial charge in [0.05, 0.1) is 17.9 Å². The van der Waals surface area contributed by atoms with Crippen LogP contribution in [0.3, 0.4) is 0 Å². The van der Waals surface area contributed by atoms with Gasteiger partial charge < -0.3 is 0 Å². The largest absolute Gasteiger partial charge is 0.274 e. The summed E-state index contributed by atoms with van der Waals surface area (Å²) in [5.74, 6) is 3.50. The average molecular weight is 393 g/mol. The van der Waals surface area contributed by atoms with Crippen LogP contribution in [0.4, 0.5) is 0 Å². The third-order valence-electron chi connectivity index (χ3n) is 9.53. The Morgan fingerprint density at radius 2 is 1.17 bits per heavy atom. The molecule has 1 heterocycles. The number of carbonyl (C=O) groups is 2. The van der Waals surface area contributed by atoms with Gasteiger partial charge in [-0.2, -0.15) is 0 Å². The van der Waals surface area contributed by atoms with Crippen molar-refractivity contribution in [2.75, 3.05) is 0 Å². The first-order valence-electron chi connectivity index (χ1n) is 11.5. The fraction of sp³-hybridized carbons (Fsp3) is 0.407. The molecule has 5 aliphatic carbocycles. The van der Waals surface area contributed by atoms with Gasteiger partial charge in [0, 0.05) is 0 Å². The van der Waals surface area contributed by atoms with Gasteiger partial charge in [-0.15, -0.1) is 0 Å². The molecular formula is C27H23NO2. The van der Waals surface area contributed by atoms with Crippen molar-refractivity contribution in [2.24, 2.45) is 47.3 Å². The highest BCUT2D eigenvalue weighted by atomic mass is 16.2. The molecule has 1 aliphatic heterocycles. The Morgan fingerprint density at radius 3 is 1.70 bits per heavy atom. The molecule has 2 aromatic rings. The molecule has 2 amide bonds. The number of amides is 2. The molecule has 0 N–H and O–H groups in total. The lowest BCUT2D eigenvalue weighted by molar-refractivity contribution is -0.142. The highest BCUT2D eigenvalue weighted by Gasteiger charge is 2.71. The molecule has 0 spiro atoms.